The Morgan fingerprint density at radius 1 is 1.53 bits per heavy atom. The van der Waals surface area contributed by atoms with Crippen LogP contribution in [0.25, 0.3) is 0 Å². The van der Waals surface area contributed by atoms with Crippen LogP contribution in [-0.4, -0.2) is 39.0 Å². The van der Waals surface area contributed by atoms with Gasteiger partial charge in [-0.25, -0.2) is 4.68 Å². The number of aryl methyl sites for hydroxylation is 2. The topological polar surface area (TPSA) is 84.4 Å². The SMILES string of the molecule is CCn1nc(C)c([N+](=O)[O-])c1N(CCCO)C(C)C. The van der Waals surface area contributed by atoms with E-state index >= 15 is 0 Å². The third-order valence-electron chi connectivity index (χ3n) is 3.00. The minimum Gasteiger partial charge on any atom is -0.396 e. The fraction of sp³-hybridized carbons (Fsp3) is 0.750. The van der Waals surface area contributed by atoms with E-state index in [1.54, 1.807) is 11.6 Å². The molecule has 108 valence electrons. The number of rotatable bonds is 7. The number of anilines is 1. The number of aliphatic hydroxyl groups is 1. The molecule has 0 aromatic carbocycles. The van der Waals surface area contributed by atoms with Gasteiger partial charge in [0.1, 0.15) is 5.69 Å². The second-order valence-electron chi connectivity index (χ2n) is 4.69. The standard InChI is InChI=1S/C12H22N4O3/c1-5-15-12(11(16(18)19)10(4)13-15)14(9(2)3)7-6-8-17/h9,17H,5-8H2,1-4H3. The Bertz CT molecular complexity index is 442. The summed E-state index contributed by atoms with van der Waals surface area (Å²) in [5, 5.41) is 24.5. The molecule has 0 atom stereocenters. The highest BCUT2D eigenvalue weighted by Gasteiger charge is 2.30. The first-order valence-corrected chi connectivity index (χ1v) is 6.53. The van der Waals surface area contributed by atoms with Crippen LogP contribution < -0.4 is 4.90 Å². The Morgan fingerprint density at radius 2 is 2.16 bits per heavy atom. The normalized spacial score (nSPS) is 11.1. The van der Waals surface area contributed by atoms with Crippen molar-refractivity contribution in [2.75, 3.05) is 18.1 Å². The van der Waals surface area contributed by atoms with Crippen molar-refractivity contribution in [1.82, 2.24) is 9.78 Å². The lowest BCUT2D eigenvalue weighted by atomic mass is 10.2. The first-order chi connectivity index (χ1) is 8.93. The summed E-state index contributed by atoms with van der Waals surface area (Å²) in [5.74, 6) is 0.536. The maximum absolute atomic E-state index is 11.2. The van der Waals surface area contributed by atoms with E-state index in [4.69, 9.17) is 5.11 Å². The van der Waals surface area contributed by atoms with E-state index < -0.39 is 0 Å². The fourth-order valence-electron chi connectivity index (χ4n) is 2.13. The van der Waals surface area contributed by atoms with Gasteiger partial charge in [0.15, 0.2) is 0 Å². The molecule has 7 heteroatoms. The molecule has 0 spiro atoms. The molecule has 0 saturated carbocycles. The number of hydrogen-bond acceptors (Lipinski definition) is 5. The maximum Gasteiger partial charge on any atom is 0.333 e. The Labute approximate surface area is 113 Å². The van der Waals surface area contributed by atoms with Gasteiger partial charge in [-0.2, -0.15) is 5.10 Å². The first-order valence-electron chi connectivity index (χ1n) is 6.53. The van der Waals surface area contributed by atoms with Crippen molar-refractivity contribution >= 4 is 11.5 Å². The summed E-state index contributed by atoms with van der Waals surface area (Å²) in [5.41, 5.74) is 0.491. The molecule has 0 radical (unpaired) electrons. The summed E-state index contributed by atoms with van der Waals surface area (Å²) in [4.78, 5) is 12.8. The van der Waals surface area contributed by atoms with Crippen molar-refractivity contribution < 1.29 is 10.0 Å². The zero-order valence-corrected chi connectivity index (χ0v) is 12.0. The zero-order valence-electron chi connectivity index (χ0n) is 12.0. The van der Waals surface area contributed by atoms with Crippen molar-refractivity contribution in [2.24, 2.45) is 0 Å². The number of aromatic nitrogens is 2. The van der Waals surface area contributed by atoms with Crippen LogP contribution in [0.2, 0.25) is 0 Å². The Kier molecular flexibility index (Phi) is 5.29. The summed E-state index contributed by atoms with van der Waals surface area (Å²) in [7, 11) is 0. The summed E-state index contributed by atoms with van der Waals surface area (Å²) in [6.07, 6.45) is 0.573. The molecule has 7 nitrogen and oxygen atoms in total. The van der Waals surface area contributed by atoms with Gasteiger partial charge in [-0.3, -0.25) is 10.1 Å². The lowest BCUT2D eigenvalue weighted by Gasteiger charge is -2.28. The zero-order chi connectivity index (χ0) is 14.6. The van der Waals surface area contributed by atoms with Crippen LogP contribution in [0, 0.1) is 17.0 Å². The largest absolute Gasteiger partial charge is 0.396 e. The number of aliphatic hydroxyl groups excluding tert-OH is 1. The van der Waals surface area contributed by atoms with Crippen LogP contribution in [-0.2, 0) is 6.54 Å². The van der Waals surface area contributed by atoms with Crippen molar-refractivity contribution in [2.45, 2.75) is 46.7 Å². The van der Waals surface area contributed by atoms with E-state index in [-0.39, 0.29) is 23.3 Å². The van der Waals surface area contributed by atoms with E-state index in [0.717, 1.165) is 0 Å². The van der Waals surface area contributed by atoms with Gasteiger partial charge < -0.3 is 10.0 Å². The summed E-state index contributed by atoms with van der Waals surface area (Å²) in [6.45, 7) is 8.72. The van der Waals surface area contributed by atoms with Gasteiger partial charge in [-0.05, 0) is 34.1 Å². The van der Waals surface area contributed by atoms with Gasteiger partial charge in [0.2, 0.25) is 5.82 Å². The quantitative estimate of drug-likeness (QED) is 0.602. The molecule has 1 aromatic heterocycles. The van der Waals surface area contributed by atoms with Gasteiger partial charge >= 0.3 is 5.69 Å². The average molecular weight is 270 g/mol. The predicted molar refractivity (Wildman–Crippen MR) is 73.5 cm³/mol. The summed E-state index contributed by atoms with van der Waals surface area (Å²) >= 11 is 0. The van der Waals surface area contributed by atoms with Crippen molar-refractivity contribution in [1.29, 1.82) is 0 Å². The molecule has 19 heavy (non-hydrogen) atoms. The molecule has 0 aliphatic carbocycles. The van der Waals surface area contributed by atoms with Gasteiger partial charge in [-0.1, -0.05) is 0 Å². The van der Waals surface area contributed by atoms with Crippen LogP contribution >= 0.6 is 0 Å². The molecule has 0 aliphatic rings. The molecule has 0 saturated heterocycles. The third kappa shape index (κ3) is 3.23. The Morgan fingerprint density at radius 3 is 2.58 bits per heavy atom. The van der Waals surface area contributed by atoms with Crippen molar-refractivity contribution in [3.63, 3.8) is 0 Å². The molecule has 1 heterocycles. The molecule has 0 aliphatic heterocycles. The second kappa shape index (κ2) is 6.51. The molecular formula is C12H22N4O3. The van der Waals surface area contributed by atoms with Crippen LogP contribution in [0.1, 0.15) is 32.9 Å². The van der Waals surface area contributed by atoms with Gasteiger partial charge in [0.05, 0.1) is 4.92 Å². The fourth-order valence-corrected chi connectivity index (χ4v) is 2.13. The highest BCUT2D eigenvalue weighted by atomic mass is 16.6. The molecule has 0 unspecified atom stereocenters. The number of nitro groups is 1. The van der Waals surface area contributed by atoms with Crippen LogP contribution in [0.4, 0.5) is 11.5 Å². The number of hydrogen-bond donors (Lipinski definition) is 1. The molecular weight excluding hydrogens is 248 g/mol. The smallest absolute Gasteiger partial charge is 0.333 e. The van der Waals surface area contributed by atoms with Crippen molar-refractivity contribution in [3.8, 4) is 0 Å². The van der Waals surface area contributed by atoms with Gasteiger partial charge in [-0.15, -0.1) is 0 Å². The predicted octanol–water partition coefficient (Wildman–Crippen LogP) is 1.72. The average Bonchev–Trinajstić information content (AvgIpc) is 2.66. The molecule has 1 N–H and O–H groups in total. The van der Waals surface area contributed by atoms with Gasteiger partial charge in [0.25, 0.3) is 0 Å². The van der Waals surface area contributed by atoms with Crippen LogP contribution in [0.15, 0.2) is 0 Å². The van der Waals surface area contributed by atoms with E-state index in [0.29, 0.717) is 31.0 Å². The lowest BCUT2D eigenvalue weighted by molar-refractivity contribution is -0.384. The number of nitrogens with zero attached hydrogens (tertiary/aromatic N) is 4. The van der Waals surface area contributed by atoms with E-state index in [2.05, 4.69) is 5.10 Å². The van der Waals surface area contributed by atoms with E-state index in [1.807, 2.05) is 25.7 Å². The minimum absolute atomic E-state index is 0.0634. The lowest BCUT2D eigenvalue weighted by Crippen LogP contribution is -2.34. The van der Waals surface area contributed by atoms with Crippen LogP contribution in [0.5, 0.6) is 0 Å². The van der Waals surface area contributed by atoms with E-state index in [1.165, 1.54) is 0 Å². The second-order valence-corrected chi connectivity index (χ2v) is 4.69. The highest BCUT2D eigenvalue weighted by molar-refractivity contribution is 5.61. The molecule has 1 aromatic rings. The molecule has 0 bridgehead atoms. The maximum atomic E-state index is 11.2. The van der Waals surface area contributed by atoms with E-state index in [9.17, 15) is 10.1 Å². The first kappa shape index (κ1) is 15.4. The molecule has 1 rings (SSSR count). The highest BCUT2D eigenvalue weighted by Crippen LogP contribution is 2.32. The summed E-state index contributed by atoms with van der Waals surface area (Å²) in [6, 6.07) is 0.103. The van der Waals surface area contributed by atoms with Crippen LogP contribution in [0.3, 0.4) is 0 Å². The minimum atomic E-state index is -0.377. The Hall–Kier alpha value is -1.63. The molecule has 0 amide bonds. The van der Waals surface area contributed by atoms with Gasteiger partial charge in [0, 0.05) is 25.7 Å². The Balaban J connectivity index is 3.30. The third-order valence-corrected chi connectivity index (χ3v) is 3.00. The summed E-state index contributed by atoms with van der Waals surface area (Å²) < 4.78 is 1.66. The molecule has 0 fully saturated rings. The monoisotopic (exact) mass is 270 g/mol. The van der Waals surface area contributed by atoms with Crippen molar-refractivity contribution in [3.05, 3.63) is 15.8 Å².